The van der Waals surface area contributed by atoms with Gasteiger partial charge in [-0.05, 0) is 120 Å². The van der Waals surface area contributed by atoms with Gasteiger partial charge in [-0.15, -0.1) is 0 Å². The van der Waals surface area contributed by atoms with E-state index in [1.165, 1.54) is 77.5 Å². The van der Waals surface area contributed by atoms with E-state index in [1.807, 2.05) is 12.4 Å². The minimum absolute atomic E-state index is 0.328. The van der Waals surface area contributed by atoms with Gasteiger partial charge in [-0.3, -0.25) is 4.99 Å². The number of hydrogen-bond donors (Lipinski definition) is 4. The number of nitrogens with two attached hydrogens (primary N) is 1. The van der Waals surface area contributed by atoms with E-state index in [0.29, 0.717) is 29.3 Å². The summed E-state index contributed by atoms with van der Waals surface area (Å²) in [6.45, 7) is 6.69. The van der Waals surface area contributed by atoms with Gasteiger partial charge in [0.05, 0.1) is 29.3 Å². The number of rotatable bonds is 6. The average Bonchev–Trinajstić information content (AvgIpc) is 3.88. The minimum atomic E-state index is 0.328. The third-order valence-electron chi connectivity index (χ3n) is 11.1. The van der Waals surface area contributed by atoms with Crippen LogP contribution in [0.15, 0.2) is 65.8 Å². The lowest BCUT2D eigenvalue weighted by Crippen LogP contribution is -2.22. The second kappa shape index (κ2) is 11.6. The van der Waals surface area contributed by atoms with Crippen LogP contribution in [0.3, 0.4) is 0 Å². The fourth-order valence-electron chi connectivity index (χ4n) is 8.62. The zero-order valence-corrected chi connectivity index (χ0v) is 26.7. The predicted molar refractivity (Wildman–Crippen MR) is 186 cm³/mol. The van der Waals surface area contributed by atoms with Crippen LogP contribution < -0.4 is 16.4 Å². The Morgan fingerprint density at radius 1 is 0.822 bits per heavy atom. The lowest BCUT2D eigenvalue weighted by Gasteiger charge is -2.22. The van der Waals surface area contributed by atoms with E-state index >= 15 is 0 Å². The third kappa shape index (κ3) is 5.53. The summed E-state index contributed by atoms with van der Waals surface area (Å²) in [6, 6.07) is 20.9. The molecule has 3 fully saturated rings. The number of nitrogens with one attached hydrogen (secondary N) is 3. The molecule has 2 aliphatic heterocycles. The van der Waals surface area contributed by atoms with Crippen LogP contribution in [-0.4, -0.2) is 35.3 Å². The summed E-state index contributed by atoms with van der Waals surface area (Å²) in [6.07, 6.45) is 14.0. The van der Waals surface area contributed by atoms with Crippen LogP contribution in [0.5, 0.6) is 0 Å². The molecule has 4 aliphatic rings. The topological polar surface area (TPSA) is 91.1 Å². The molecule has 0 radical (unpaired) electrons. The Balaban J connectivity index is 1.09. The molecule has 4 aromatic rings. The number of nitrogen functional groups attached to an aromatic ring is 1. The molecule has 3 heterocycles. The molecule has 6 heteroatoms. The Morgan fingerprint density at radius 2 is 1.49 bits per heavy atom. The fraction of sp³-hybridized carbons (Fsp3) is 0.436. The van der Waals surface area contributed by atoms with Crippen molar-refractivity contribution in [2.24, 2.45) is 22.2 Å². The van der Waals surface area contributed by atoms with Gasteiger partial charge in [0.25, 0.3) is 0 Å². The van der Waals surface area contributed by atoms with Crippen molar-refractivity contribution < 1.29 is 0 Å². The van der Waals surface area contributed by atoms with Crippen LogP contribution >= 0.6 is 0 Å². The van der Waals surface area contributed by atoms with E-state index < -0.39 is 0 Å². The molecule has 6 nitrogen and oxygen atoms in total. The van der Waals surface area contributed by atoms with E-state index in [0.717, 1.165) is 48.8 Å². The SMILES string of the molecule is CC1CNC(C=Nc2ccc(-c3ccc(-c4ccc(-c5cnc(C6CC(C)CN6)[nH]5)cc4)c4c3CC3(CCCC3)C4)cc2N)C1. The summed E-state index contributed by atoms with van der Waals surface area (Å²) < 4.78 is 0. The first-order valence-corrected chi connectivity index (χ1v) is 17.1. The first kappa shape index (κ1) is 28.7. The number of hydrogen-bond acceptors (Lipinski definition) is 5. The highest BCUT2D eigenvalue weighted by Gasteiger charge is 2.41. The van der Waals surface area contributed by atoms with Crippen molar-refractivity contribution in [1.29, 1.82) is 0 Å². The molecular formula is C39H46N6. The molecule has 1 saturated carbocycles. The summed E-state index contributed by atoms with van der Waals surface area (Å²) in [5.41, 5.74) is 19.2. The summed E-state index contributed by atoms with van der Waals surface area (Å²) >= 11 is 0. The van der Waals surface area contributed by atoms with Gasteiger partial charge in [0.2, 0.25) is 0 Å². The van der Waals surface area contributed by atoms with Gasteiger partial charge in [0, 0.05) is 12.3 Å². The number of aliphatic imine (C=N–C) groups is 1. The highest BCUT2D eigenvalue weighted by molar-refractivity contribution is 5.83. The monoisotopic (exact) mass is 598 g/mol. The normalized spacial score (nSPS) is 25.6. The molecule has 1 spiro atoms. The van der Waals surface area contributed by atoms with E-state index in [1.54, 1.807) is 0 Å². The van der Waals surface area contributed by atoms with E-state index in [-0.39, 0.29) is 0 Å². The molecule has 232 valence electrons. The van der Waals surface area contributed by atoms with Gasteiger partial charge < -0.3 is 21.4 Å². The second-order valence-electron chi connectivity index (χ2n) is 14.6. The average molecular weight is 599 g/mol. The Kier molecular flexibility index (Phi) is 7.38. The van der Waals surface area contributed by atoms with Crippen LogP contribution in [0, 0.1) is 17.3 Å². The summed E-state index contributed by atoms with van der Waals surface area (Å²) in [5, 5.41) is 7.12. The maximum Gasteiger partial charge on any atom is 0.123 e. The highest BCUT2D eigenvalue weighted by atomic mass is 15.0. The molecule has 4 unspecified atom stereocenters. The molecule has 2 saturated heterocycles. The van der Waals surface area contributed by atoms with Crippen LogP contribution in [0.1, 0.15) is 75.4 Å². The standard InChI is InChI=1S/C39H46N6/c1-24-15-29(41-20-24)22-43-35-12-9-28(17-34(35)40)31-11-10-30(32-18-39(19-33(31)32)13-3-4-14-39)26-5-7-27(8-6-26)37-23-44-38(45-37)36-16-25(2)21-42-36/h5-12,17,22-25,29,36,41-42H,3-4,13-16,18-21,40H2,1-2H3,(H,44,45). The number of aromatic amines is 1. The first-order chi connectivity index (χ1) is 21.9. The lowest BCUT2D eigenvalue weighted by atomic mass is 9.82. The second-order valence-corrected chi connectivity index (χ2v) is 14.6. The van der Waals surface area contributed by atoms with Gasteiger partial charge in [0.15, 0.2) is 0 Å². The molecule has 45 heavy (non-hydrogen) atoms. The summed E-state index contributed by atoms with van der Waals surface area (Å²) in [4.78, 5) is 13.1. The van der Waals surface area contributed by atoms with Crippen LogP contribution in [0.4, 0.5) is 11.4 Å². The van der Waals surface area contributed by atoms with E-state index in [4.69, 9.17) is 15.7 Å². The highest BCUT2D eigenvalue weighted by Crippen LogP contribution is 2.53. The summed E-state index contributed by atoms with van der Waals surface area (Å²) in [7, 11) is 0. The minimum Gasteiger partial charge on any atom is -0.397 e. The van der Waals surface area contributed by atoms with Gasteiger partial charge in [0.1, 0.15) is 5.82 Å². The smallest absolute Gasteiger partial charge is 0.123 e. The molecule has 5 N–H and O–H groups in total. The Hall–Kier alpha value is -3.74. The van der Waals surface area contributed by atoms with Gasteiger partial charge in [-0.2, -0.15) is 0 Å². The summed E-state index contributed by atoms with van der Waals surface area (Å²) in [5.74, 6) is 2.44. The number of nitrogens with zero attached hydrogens (tertiary/aromatic N) is 2. The van der Waals surface area contributed by atoms with Crippen molar-refractivity contribution in [1.82, 2.24) is 20.6 Å². The predicted octanol–water partition coefficient (Wildman–Crippen LogP) is 8.02. The number of benzene rings is 3. The number of imidazole rings is 1. The molecule has 4 atom stereocenters. The molecule has 2 aliphatic carbocycles. The van der Waals surface area contributed by atoms with Crippen LogP contribution in [0.2, 0.25) is 0 Å². The maximum atomic E-state index is 6.61. The maximum absolute atomic E-state index is 6.61. The Morgan fingerprint density at radius 3 is 2.16 bits per heavy atom. The van der Waals surface area contributed by atoms with Crippen molar-refractivity contribution in [3.05, 3.63) is 77.7 Å². The van der Waals surface area contributed by atoms with Gasteiger partial charge in [-0.1, -0.05) is 69.2 Å². The van der Waals surface area contributed by atoms with E-state index in [9.17, 15) is 0 Å². The first-order valence-electron chi connectivity index (χ1n) is 17.1. The number of aromatic nitrogens is 2. The number of anilines is 1. The lowest BCUT2D eigenvalue weighted by molar-refractivity contribution is 0.318. The zero-order valence-electron chi connectivity index (χ0n) is 26.7. The molecule has 1 aromatic heterocycles. The van der Waals surface area contributed by atoms with Gasteiger partial charge in [-0.25, -0.2) is 4.98 Å². The van der Waals surface area contributed by atoms with Crippen molar-refractivity contribution in [3.63, 3.8) is 0 Å². The number of H-pyrrole nitrogens is 1. The van der Waals surface area contributed by atoms with Crippen molar-refractivity contribution in [3.8, 4) is 33.5 Å². The molecule has 8 rings (SSSR count). The van der Waals surface area contributed by atoms with E-state index in [2.05, 4.69) is 84.1 Å². The third-order valence-corrected chi connectivity index (χ3v) is 11.1. The van der Waals surface area contributed by atoms with Crippen molar-refractivity contribution in [2.45, 2.75) is 77.3 Å². The Labute approximate surface area is 267 Å². The molecule has 0 amide bonds. The molecular weight excluding hydrogens is 552 g/mol. The zero-order chi connectivity index (χ0) is 30.5. The number of fused-ring (bicyclic) bond motifs is 1. The van der Waals surface area contributed by atoms with Gasteiger partial charge >= 0.3 is 0 Å². The molecule has 0 bridgehead atoms. The largest absolute Gasteiger partial charge is 0.397 e. The molecule has 3 aromatic carbocycles. The van der Waals surface area contributed by atoms with Crippen molar-refractivity contribution >= 4 is 17.6 Å². The Bertz CT molecular complexity index is 1730. The van der Waals surface area contributed by atoms with Crippen molar-refractivity contribution in [2.75, 3.05) is 18.8 Å². The fourth-order valence-corrected chi connectivity index (χ4v) is 8.62. The van der Waals surface area contributed by atoms with Crippen LogP contribution in [0.25, 0.3) is 33.5 Å². The van der Waals surface area contributed by atoms with Crippen LogP contribution in [-0.2, 0) is 12.8 Å². The quantitative estimate of drug-likeness (QED) is 0.134.